The first-order valence-corrected chi connectivity index (χ1v) is 8.95. The summed E-state index contributed by atoms with van der Waals surface area (Å²) >= 11 is 0. The van der Waals surface area contributed by atoms with Gasteiger partial charge in [0.05, 0.1) is 16.5 Å². The highest BCUT2D eigenvalue weighted by Crippen LogP contribution is 2.25. The highest BCUT2D eigenvalue weighted by atomic mass is 32.2. The molecule has 0 amide bonds. The Morgan fingerprint density at radius 3 is 2.91 bits per heavy atom. The first kappa shape index (κ1) is 15.4. The Balaban J connectivity index is 1.97. The molecule has 0 radical (unpaired) electrons. The summed E-state index contributed by atoms with van der Waals surface area (Å²) in [7, 11) is -3.61. The smallest absolute Gasteiger partial charge is 0.241 e. The van der Waals surface area contributed by atoms with Gasteiger partial charge < -0.3 is 4.74 Å². The Kier molecular flexibility index (Phi) is 4.16. The van der Waals surface area contributed by atoms with E-state index in [9.17, 15) is 8.42 Å². The lowest BCUT2D eigenvalue weighted by molar-refractivity contribution is 0.0902. The average molecular weight is 320 g/mol. The van der Waals surface area contributed by atoms with Crippen LogP contribution in [0.2, 0.25) is 0 Å². The fourth-order valence-corrected chi connectivity index (χ4v) is 4.37. The largest absolute Gasteiger partial charge is 0.377 e. The highest BCUT2D eigenvalue weighted by Gasteiger charge is 2.28. The number of benzene rings is 1. The van der Waals surface area contributed by atoms with Crippen molar-refractivity contribution in [2.45, 2.75) is 43.7 Å². The number of pyridine rings is 1. The van der Waals surface area contributed by atoms with Crippen molar-refractivity contribution in [3.63, 3.8) is 0 Å². The number of hydrogen-bond acceptors (Lipinski definition) is 4. The van der Waals surface area contributed by atoms with Gasteiger partial charge in [0.1, 0.15) is 0 Å². The van der Waals surface area contributed by atoms with Crippen molar-refractivity contribution in [2.75, 3.05) is 6.61 Å². The second kappa shape index (κ2) is 5.95. The van der Waals surface area contributed by atoms with Crippen LogP contribution in [0.25, 0.3) is 10.9 Å². The van der Waals surface area contributed by atoms with Crippen LogP contribution in [0.15, 0.2) is 35.4 Å². The number of rotatable bonds is 4. The van der Waals surface area contributed by atoms with Crippen molar-refractivity contribution in [3.8, 4) is 0 Å². The first-order chi connectivity index (χ1) is 10.5. The molecule has 3 rings (SSSR count). The number of sulfonamides is 1. The standard InChI is InChI=1S/C16H20N2O3S/c1-11-7-8-15(13-5-3-9-17-16(11)13)22(19,20)18-12(2)14-6-4-10-21-14/h3,5,7-9,12,14,18H,4,6,10H2,1-2H3. The van der Waals surface area contributed by atoms with Crippen LogP contribution in [0.5, 0.6) is 0 Å². The predicted octanol–water partition coefficient (Wildman–Crippen LogP) is 2.39. The van der Waals surface area contributed by atoms with E-state index in [1.165, 1.54) is 0 Å². The van der Waals surface area contributed by atoms with Crippen LogP contribution in [0.1, 0.15) is 25.3 Å². The summed E-state index contributed by atoms with van der Waals surface area (Å²) in [5.74, 6) is 0. The molecule has 1 fully saturated rings. The molecule has 1 aliphatic heterocycles. The fourth-order valence-electron chi connectivity index (χ4n) is 2.90. The summed E-state index contributed by atoms with van der Waals surface area (Å²) in [5, 5.41) is 0.648. The highest BCUT2D eigenvalue weighted by molar-refractivity contribution is 7.89. The van der Waals surface area contributed by atoms with Gasteiger partial charge in [-0.2, -0.15) is 0 Å². The number of hydrogen-bond donors (Lipinski definition) is 1. The Labute approximate surface area is 130 Å². The molecular formula is C16H20N2O3S. The maximum atomic E-state index is 12.7. The van der Waals surface area contributed by atoms with Gasteiger partial charge in [-0.25, -0.2) is 13.1 Å². The van der Waals surface area contributed by atoms with Gasteiger partial charge in [0.25, 0.3) is 0 Å². The van der Waals surface area contributed by atoms with Crippen LogP contribution in [-0.4, -0.2) is 32.2 Å². The van der Waals surface area contributed by atoms with Crippen molar-refractivity contribution in [3.05, 3.63) is 36.0 Å². The maximum Gasteiger partial charge on any atom is 0.241 e. The Morgan fingerprint density at radius 2 is 2.18 bits per heavy atom. The van der Waals surface area contributed by atoms with E-state index in [-0.39, 0.29) is 17.0 Å². The Hall–Kier alpha value is -1.50. The number of fused-ring (bicyclic) bond motifs is 1. The molecule has 0 spiro atoms. The van der Waals surface area contributed by atoms with Crippen LogP contribution < -0.4 is 4.72 Å². The summed E-state index contributed by atoms with van der Waals surface area (Å²) in [6, 6.07) is 6.73. The van der Waals surface area contributed by atoms with Gasteiger partial charge in [-0.05, 0) is 50.5 Å². The van der Waals surface area contributed by atoms with Crippen molar-refractivity contribution < 1.29 is 13.2 Å². The van der Waals surface area contributed by atoms with Crippen LogP contribution in [0.3, 0.4) is 0 Å². The minimum atomic E-state index is -3.61. The molecule has 2 heterocycles. The van der Waals surface area contributed by atoms with E-state index in [1.807, 2.05) is 13.8 Å². The molecule has 1 aromatic heterocycles. The van der Waals surface area contributed by atoms with Crippen molar-refractivity contribution in [2.24, 2.45) is 0 Å². The number of ether oxygens (including phenoxy) is 1. The molecule has 1 N–H and O–H groups in total. The topological polar surface area (TPSA) is 68.3 Å². The third kappa shape index (κ3) is 2.86. The Bertz CT molecular complexity index is 783. The van der Waals surface area contributed by atoms with E-state index in [0.717, 1.165) is 23.9 Å². The second-order valence-corrected chi connectivity index (χ2v) is 7.42. The summed E-state index contributed by atoms with van der Waals surface area (Å²) in [6.45, 7) is 4.48. The van der Waals surface area contributed by atoms with Crippen molar-refractivity contribution in [1.29, 1.82) is 0 Å². The molecule has 1 aromatic carbocycles. The normalized spacial score (nSPS) is 20.4. The first-order valence-electron chi connectivity index (χ1n) is 7.47. The second-order valence-electron chi connectivity index (χ2n) is 5.74. The fraction of sp³-hybridized carbons (Fsp3) is 0.438. The zero-order chi connectivity index (χ0) is 15.7. The van der Waals surface area contributed by atoms with E-state index in [4.69, 9.17) is 4.74 Å². The van der Waals surface area contributed by atoms with Gasteiger partial charge in [-0.3, -0.25) is 4.98 Å². The molecular weight excluding hydrogens is 300 g/mol. The summed E-state index contributed by atoms with van der Waals surface area (Å²) in [4.78, 5) is 4.56. The minimum Gasteiger partial charge on any atom is -0.377 e. The SMILES string of the molecule is Cc1ccc(S(=O)(=O)NC(C)C2CCCO2)c2cccnc12. The van der Waals surface area contributed by atoms with Gasteiger partial charge >= 0.3 is 0 Å². The van der Waals surface area contributed by atoms with Gasteiger partial charge in [-0.15, -0.1) is 0 Å². The molecule has 1 saturated heterocycles. The molecule has 1 aliphatic rings. The zero-order valence-corrected chi connectivity index (χ0v) is 13.6. The molecule has 118 valence electrons. The van der Waals surface area contributed by atoms with Gasteiger partial charge in [0, 0.05) is 24.2 Å². The van der Waals surface area contributed by atoms with Crippen LogP contribution in [0, 0.1) is 6.92 Å². The summed E-state index contributed by atoms with van der Waals surface area (Å²) in [6.07, 6.45) is 3.49. The molecule has 2 aromatic rings. The number of nitrogens with zero attached hydrogens (tertiary/aromatic N) is 1. The van der Waals surface area contributed by atoms with Crippen LogP contribution >= 0.6 is 0 Å². The zero-order valence-electron chi connectivity index (χ0n) is 12.7. The molecule has 0 bridgehead atoms. The van der Waals surface area contributed by atoms with E-state index in [0.29, 0.717) is 12.0 Å². The molecule has 6 heteroatoms. The molecule has 22 heavy (non-hydrogen) atoms. The number of aromatic nitrogens is 1. The molecule has 5 nitrogen and oxygen atoms in total. The lowest BCUT2D eigenvalue weighted by atomic mass is 10.1. The molecule has 0 saturated carbocycles. The van der Waals surface area contributed by atoms with Crippen molar-refractivity contribution >= 4 is 20.9 Å². The molecule has 0 aliphatic carbocycles. The third-order valence-corrected chi connectivity index (χ3v) is 5.70. The van der Waals surface area contributed by atoms with E-state index < -0.39 is 10.0 Å². The lowest BCUT2D eigenvalue weighted by Crippen LogP contribution is -2.40. The van der Waals surface area contributed by atoms with E-state index in [2.05, 4.69) is 9.71 Å². The molecule has 2 unspecified atom stereocenters. The van der Waals surface area contributed by atoms with E-state index >= 15 is 0 Å². The lowest BCUT2D eigenvalue weighted by Gasteiger charge is -2.20. The summed E-state index contributed by atoms with van der Waals surface area (Å²) in [5.41, 5.74) is 1.68. The maximum absolute atomic E-state index is 12.7. The van der Waals surface area contributed by atoms with Crippen molar-refractivity contribution in [1.82, 2.24) is 9.71 Å². The molecule has 2 atom stereocenters. The number of aryl methyl sites for hydroxylation is 1. The monoisotopic (exact) mass is 320 g/mol. The third-order valence-electron chi connectivity index (χ3n) is 4.08. The minimum absolute atomic E-state index is 0.0513. The average Bonchev–Trinajstić information content (AvgIpc) is 3.01. The van der Waals surface area contributed by atoms with E-state index in [1.54, 1.807) is 30.5 Å². The summed E-state index contributed by atoms with van der Waals surface area (Å²) < 4.78 is 33.8. The quantitative estimate of drug-likeness (QED) is 0.939. The predicted molar refractivity (Wildman–Crippen MR) is 85.2 cm³/mol. The number of nitrogens with one attached hydrogen (secondary N) is 1. The van der Waals surface area contributed by atoms with Gasteiger partial charge in [0.2, 0.25) is 10.0 Å². The van der Waals surface area contributed by atoms with Gasteiger partial charge in [-0.1, -0.05) is 6.07 Å². The van der Waals surface area contributed by atoms with Crippen LogP contribution in [-0.2, 0) is 14.8 Å². The van der Waals surface area contributed by atoms with Gasteiger partial charge in [0.15, 0.2) is 0 Å². The Morgan fingerprint density at radius 1 is 1.36 bits per heavy atom. The van der Waals surface area contributed by atoms with Crippen LogP contribution in [0.4, 0.5) is 0 Å².